The maximum atomic E-state index is 14.5. The average molecular weight is 503 g/mol. The van der Waals surface area contributed by atoms with Gasteiger partial charge in [-0.2, -0.15) is 0 Å². The second-order valence-corrected chi connectivity index (χ2v) is 10.5. The number of pyridine rings is 1. The van der Waals surface area contributed by atoms with Crippen molar-refractivity contribution in [1.82, 2.24) is 9.55 Å². The first-order chi connectivity index (χ1) is 17.6. The van der Waals surface area contributed by atoms with Crippen LogP contribution in [-0.2, 0) is 22.5 Å². The molecule has 2 aromatic heterocycles. The van der Waals surface area contributed by atoms with Crippen molar-refractivity contribution in [3.8, 4) is 16.9 Å². The number of aliphatic carboxylic acids is 1. The van der Waals surface area contributed by atoms with Crippen molar-refractivity contribution in [2.24, 2.45) is 0 Å². The fourth-order valence-corrected chi connectivity index (χ4v) is 5.00. The third kappa shape index (κ3) is 4.96. The zero-order valence-electron chi connectivity index (χ0n) is 21.5. The van der Waals surface area contributed by atoms with E-state index in [9.17, 15) is 14.3 Å². The van der Waals surface area contributed by atoms with Crippen molar-refractivity contribution in [2.45, 2.75) is 58.8 Å². The fourth-order valence-electron chi connectivity index (χ4n) is 5.00. The van der Waals surface area contributed by atoms with Gasteiger partial charge in [0.1, 0.15) is 17.2 Å². The first-order valence-corrected chi connectivity index (χ1v) is 12.5. The van der Waals surface area contributed by atoms with Crippen LogP contribution in [-0.4, -0.2) is 32.8 Å². The normalized spacial score (nSPS) is 14.3. The van der Waals surface area contributed by atoms with E-state index >= 15 is 0 Å². The van der Waals surface area contributed by atoms with Gasteiger partial charge in [0.25, 0.3) is 0 Å². The van der Waals surface area contributed by atoms with E-state index in [-0.39, 0.29) is 5.82 Å². The summed E-state index contributed by atoms with van der Waals surface area (Å²) >= 11 is 0. The maximum absolute atomic E-state index is 14.5. The monoisotopic (exact) mass is 502 g/mol. The van der Waals surface area contributed by atoms with Crippen molar-refractivity contribution < 1.29 is 23.8 Å². The highest BCUT2D eigenvalue weighted by Crippen LogP contribution is 2.41. The Morgan fingerprint density at radius 1 is 1.22 bits per heavy atom. The topological polar surface area (TPSA) is 73.6 Å². The molecular formula is C30H31FN2O4. The lowest BCUT2D eigenvalue weighted by atomic mass is 9.90. The number of aromatic nitrogens is 2. The van der Waals surface area contributed by atoms with Gasteiger partial charge in [0.2, 0.25) is 0 Å². The van der Waals surface area contributed by atoms with E-state index in [0.29, 0.717) is 35.6 Å². The Kier molecular flexibility index (Phi) is 6.50. The number of hydrogen-bond donors (Lipinski definition) is 1. The van der Waals surface area contributed by atoms with Gasteiger partial charge in [-0.1, -0.05) is 24.3 Å². The molecule has 6 nitrogen and oxygen atoms in total. The first kappa shape index (κ1) is 25.0. The van der Waals surface area contributed by atoms with Gasteiger partial charge >= 0.3 is 5.97 Å². The predicted octanol–water partition coefficient (Wildman–Crippen LogP) is 6.46. The second kappa shape index (κ2) is 9.63. The fraction of sp³-hybridized carbons (Fsp3) is 0.333. The number of nitrogens with zero attached hydrogens (tertiary/aromatic N) is 2. The smallest absolute Gasteiger partial charge is 0.337 e. The van der Waals surface area contributed by atoms with Crippen LogP contribution in [0.2, 0.25) is 0 Å². The van der Waals surface area contributed by atoms with Crippen LogP contribution in [0.25, 0.3) is 22.2 Å². The minimum absolute atomic E-state index is 0.280. The summed E-state index contributed by atoms with van der Waals surface area (Å²) in [6.45, 7) is 8.32. The number of ether oxygens (including phenoxy) is 2. The van der Waals surface area contributed by atoms with Crippen LogP contribution in [0.4, 0.5) is 4.39 Å². The molecule has 0 spiro atoms. The minimum Gasteiger partial charge on any atom is -0.493 e. The molecular weight excluding hydrogens is 471 g/mol. The van der Waals surface area contributed by atoms with Gasteiger partial charge in [-0.25, -0.2) is 14.2 Å². The van der Waals surface area contributed by atoms with Crippen LogP contribution in [0.3, 0.4) is 0 Å². The van der Waals surface area contributed by atoms with E-state index in [1.54, 1.807) is 12.1 Å². The summed E-state index contributed by atoms with van der Waals surface area (Å²) in [5.74, 6) is -0.499. The zero-order valence-corrected chi connectivity index (χ0v) is 21.5. The Hall–Kier alpha value is -3.71. The Balaban J connectivity index is 1.75. The lowest BCUT2D eigenvalue weighted by molar-refractivity contribution is -0.160. The lowest BCUT2D eigenvalue weighted by Gasteiger charge is -2.28. The molecule has 2 aromatic carbocycles. The molecule has 0 saturated carbocycles. The molecule has 3 heterocycles. The molecule has 192 valence electrons. The van der Waals surface area contributed by atoms with E-state index in [1.807, 2.05) is 62.7 Å². The summed E-state index contributed by atoms with van der Waals surface area (Å²) in [5, 5.41) is 11.1. The van der Waals surface area contributed by atoms with Crippen LogP contribution in [0, 0.1) is 12.7 Å². The average Bonchev–Trinajstić information content (AvgIpc) is 3.24. The van der Waals surface area contributed by atoms with E-state index in [0.717, 1.165) is 40.7 Å². The minimum atomic E-state index is -1.21. The number of benzene rings is 2. The molecule has 0 bridgehead atoms. The summed E-state index contributed by atoms with van der Waals surface area (Å²) in [4.78, 5) is 17.4. The summed E-state index contributed by atoms with van der Waals surface area (Å²) in [6.07, 6.45) is 2.48. The lowest BCUT2D eigenvalue weighted by Crippen LogP contribution is -2.28. The van der Waals surface area contributed by atoms with Crippen LogP contribution in [0.5, 0.6) is 5.75 Å². The molecule has 0 amide bonds. The van der Waals surface area contributed by atoms with Gasteiger partial charge < -0.3 is 19.1 Å². The van der Waals surface area contributed by atoms with E-state index in [1.165, 1.54) is 6.07 Å². The molecule has 0 fully saturated rings. The number of fused-ring (bicyclic) bond motifs is 2. The van der Waals surface area contributed by atoms with E-state index < -0.39 is 17.7 Å². The van der Waals surface area contributed by atoms with Gasteiger partial charge in [-0.05, 0) is 75.9 Å². The molecule has 1 N–H and O–H groups in total. The Morgan fingerprint density at radius 2 is 2.00 bits per heavy atom. The molecule has 0 radical (unpaired) electrons. The van der Waals surface area contributed by atoms with Crippen molar-refractivity contribution >= 4 is 17.0 Å². The molecule has 0 saturated heterocycles. The van der Waals surface area contributed by atoms with Crippen LogP contribution >= 0.6 is 0 Å². The number of rotatable bonds is 6. The third-order valence-corrected chi connectivity index (χ3v) is 6.59. The van der Waals surface area contributed by atoms with E-state index in [4.69, 9.17) is 14.5 Å². The molecule has 1 aliphatic rings. The predicted molar refractivity (Wildman–Crippen MR) is 140 cm³/mol. The summed E-state index contributed by atoms with van der Waals surface area (Å²) in [5.41, 5.74) is 4.33. The van der Waals surface area contributed by atoms with Gasteiger partial charge in [-0.3, -0.25) is 0 Å². The van der Waals surface area contributed by atoms with Crippen LogP contribution < -0.4 is 4.74 Å². The van der Waals surface area contributed by atoms with Gasteiger partial charge in [0.05, 0.1) is 18.8 Å². The summed E-state index contributed by atoms with van der Waals surface area (Å²) in [6, 6.07) is 14.6. The number of hydrogen-bond acceptors (Lipinski definition) is 4. The molecule has 1 unspecified atom stereocenters. The van der Waals surface area contributed by atoms with Crippen molar-refractivity contribution in [1.29, 1.82) is 0 Å². The van der Waals surface area contributed by atoms with Crippen LogP contribution in [0.1, 0.15) is 55.7 Å². The Bertz CT molecular complexity index is 1490. The number of carbonyl (C=O) groups is 1. The van der Waals surface area contributed by atoms with Crippen molar-refractivity contribution in [2.75, 3.05) is 6.61 Å². The highest BCUT2D eigenvalue weighted by molar-refractivity contribution is 5.98. The molecule has 0 aliphatic carbocycles. The maximum Gasteiger partial charge on any atom is 0.337 e. The van der Waals surface area contributed by atoms with E-state index in [2.05, 4.69) is 6.07 Å². The Labute approximate surface area is 215 Å². The number of carboxylic acid groups (broad SMARTS) is 1. The van der Waals surface area contributed by atoms with Crippen molar-refractivity contribution in [3.05, 3.63) is 82.9 Å². The molecule has 4 aromatic rings. The number of carboxylic acids is 1. The van der Waals surface area contributed by atoms with Crippen molar-refractivity contribution in [3.63, 3.8) is 0 Å². The van der Waals surface area contributed by atoms with Gasteiger partial charge in [-0.15, -0.1) is 0 Å². The highest BCUT2D eigenvalue weighted by atomic mass is 19.1. The number of aryl methyl sites for hydroxylation is 2. The molecule has 37 heavy (non-hydrogen) atoms. The largest absolute Gasteiger partial charge is 0.493 e. The highest BCUT2D eigenvalue weighted by Gasteiger charge is 2.33. The second-order valence-electron chi connectivity index (χ2n) is 10.5. The standard InChI is InChI=1S/C30H31FN2O4/c1-18-25(27(29(34)35)37-30(2,3)4)26(20-11-12-24-19(16-20)9-7-15-36-24)22-13-14-33(28(22)32-18)17-21-8-5-6-10-23(21)31/h5-6,8,10-14,16,27H,7,9,15,17H2,1-4H3,(H,34,35). The molecule has 7 heteroatoms. The molecule has 1 aliphatic heterocycles. The summed E-state index contributed by atoms with van der Waals surface area (Å²) in [7, 11) is 0. The first-order valence-electron chi connectivity index (χ1n) is 12.5. The van der Waals surface area contributed by atoms with Gasteiger partial charge in [0.15, 0.2) is 6.10 Å². The molecule has 5 rings (SSSR count). The quantitative estimate of drug-likeness (QED) is 0.327. The van der Waals surface area contributed by atoms with Gasteiger partial charge in [0, 0.05) is 34.0 Å². The van der Waals surface area contributed by atoms with Crippen LogP contribution in [0.15, 0.2) is 54.7 Å². The SMILES string of the molecule is Cc1nc2c(ccn2Cc2ccccc2F)c(-c2ccc3c(c2)CCCO3)c1C(OC(C)(C)C)C(=O)O. The summed E-state index contributed by atoms with van der Waals surface area (Å²) < 4.78 is 28.3. The third-order valence-electron chi connectivity index (χ3n) is 6.59. The Morgan fingerprint density at radius 3 is 2.73 bits per heavy atom. The zero-order chi connectivity index (χ0) is 26.3. The molecule has 1 atom stereocenters. The number of halogens is 1.